The van der Waals surface area contributed by atoms with E-state index in [4.69, 9.17) is 4.74 Å². The molecule has 0 fully saturated rings. The van der Waals surface area contributed by atoms with Crippen molar-refractivity contribution in [3.8, 4) is 0 Å². The summed E-state index contributed by atoms with van der Waals surface area (Å²) in [6.07, 6.45) is 0.147. The topological polar surface area (TPSA) is 35.0 Å². The Labute approximate surface area is 97.3 Å². The Kier molecular flexibility index (Phi) is 2.98. The molecule has 0 aromatic carbocycles. The maximum atomic E-state index is 5.80. The van der Waals surface area contributed by atoms with Crippen LogP contribution in [0.15, 0.2) is 0 Å². The van der Waals surface area contributed by atoms with E-state index in [0.29, 0.717) is 18.4 Å². The Morgan fingerprint density at radius 1 is 1.19 bits per heavy atom. The molecule has 0 radical (unpaired) electrons. The third-order valence-corrected chi connectivity index (χ3v) is 3.06. The van der Waals surface area contributed by atoms with Crippen LogP contribution in [0.3, 0.4) is 0 Å². The molecule has 2 heterocycles. The van der Waals surface area contributed by atoms with Crippen molar-refractivity contribution in [2.45, 2.75) is 53.2 Å². The summed E-state index contributed by atoms with van der Waals surface area (Å²) in [5.74, 6) is 1.78. The number of hydrogen-bond donors (Lipinski definition) is 0. The van der Waals surface area contributed by atoms with Gasteiger partial charge in [0.2, 0.25) is 0 Å². The Balaban J connectivity index is 2.48. The minimum absolute atomic E-state index is 0.147. The van der Waals surface area contributed by atoms with Gasteiger partial charge in [0, 0.05) is 17.2 Å². The van der Waals surface area contributed by atoms with E-state index in [1.54, 1.807) is 0 Å². The molecular formula is C13H20N2O. The Bertz CT molecular complexity index is 399. The van der Waals surface area contributed by atoms with E-state index in [0.717, 1.165) is 17.2 Å². The number of ether oxygens (including phenoxy) is 1. The highest BCUT2D eigenvalue weighted by atomic mass is 16.5. The lowest BCUT2D eigenvalue weighted by atomic mass is 10.0. The first-order valence-corrected chi connectivity index (χ1v) is 5.99. The number of aromatic nitrogens is 2. The van der Waals surface area contributed by atoms with E-state index < -0.39 is 0 Å². The van der Waals surface area contributed by atoms with Crippen LogP contribution in [0.4, 0.5) is 0 Å². The van der Waals surface area contributed by atoms with Gasteiger partial charge in [0.05, 0.1) is 12.3 Å². The van der Waals surface area contributed by atoms with E-state index in [1.807, 2.05) is 0 Å². The van der Waals surface area contributed by atoms with Crippen LogP contribution in [0.5, 0.6) is 0 Å². The normalized spacial score (nSPS) is 19.6. The van der Waals surface area contributed by atoms with Crippen molar-refractivity contribution in [3.63, 3.8) is 0 Å². The number of fused-ring (bicyclic) bond motifs is 1. The molecule has 1 aliphatic rings. The first-order valence-electron chi connectivity index (χ1n) is 5.99. The van der Waals surface area contributed by atoms with Crippen LogP contribution in [0, 0.1) is 12.8 Å². The Morgan fingerprint density at radius 2 is 1.88 bits per heavy atom. The maximum Gasteiger partial charge on any atom is 0.131 e. The maximum absolute atomic E-state index is 5.80. The summed E-state index contributed by atoms with van der Waals surface area (Å²) in [6, 6.07) is 0. The SMILES string of the molecule is Cc1nc(C(C)C)nc2c1COC2C(C)C. The Morgan fingerprint density at radius 3 is 2.44 bits per heavy atom. The fourth-order valence-electron chi connectivity index (χ4n) is 2.07. The van der Waals surface area contributed by atoms with Crippen LogP contribution in [0.25, 0.3) is 0 Å². The fraction of sp³-hybridized carbons (Fsp3) is 0.692. The summed E-state index contributed by atoms with van der Waals surface area (Å²) in [5.41, 5.74) is 3.39. The molecule has 1 aliphatic heterocycles. The number of rotatable bonds is 2. The second-order valence-electron chi connectivity index (χ2n) is 5.16. The van der Waals surface area contributed by atoms with Gasteiger partial charge >= 0.3 is 0 Å². The van der Waals surface area contributed by atoms with E-state index in [9.17, 15) is 0 Å². The van der Waals surface area contributed by atoms with Gasteiger partial charge in [-0.1, -0.05) is 27.7 Å². The lowest BCUT2D eigenvalue weighted by Crippen LogP contribution is -2.10. The van der Waals surface area contributed by atoms with Crippen molar-refractivity contribution >= 4 is 0 Å². The summed E-state index contributed by atoms with van der Waals surface area (Å²) in [7, 11) is 0. The average Bonchev–Trinajstić information content (AvgIpc) is 2.61. The van der Waals surface area contributed by atoms with Crippen LogP contribution in [0.2, 0.25) is 0 Å². The molecule has 1 aromatic rings. The first kappa shape index (κ1) is 11.5. The summed E-state index contributed by atoms with van der Waals surface area (Å²) in [4.78, 5) is 9.23. The predicted molar refractivity (Wildman–Crippen MR) is 63.2 cm³/mol. The Hall–Kier alpha value is -0.960. The van der Waals surface area contributed by atoms with Gasteiger partial charge in [-0.05, 0) is 12.8 Å². The standard InChI is InChI=1S/C13H20N2O/c1-7(2)12-11-10(6-16-12)9(5)14-13(15-11)8(3)4/h7-8,12H,6H2,1-5H3. The van der Waals surface area contributed by atoms with Crippen LogP contribution in [-0.4, -0.2) is 9.97 Å². The third kappa shape index (κ3) is 1.84. The molecule has 0 aliphatic carbocycles. The van der Waals surface area contributed by atoms with Crippen molar-refractivity contribution < 1.29 is 4.74 Å². The molecule has 16 heavy (non-hydrogen) atoms. The van der Waals surface area contributed by atoms with Crippen molar-refractivity contribution in [1.29, 1.82) is 0 Å². The average molecular weight is 220 g/mol. The van der Waals surface area contributed by atoms with Gasteiger partial charge in [-0.15, -0.1) is 0 Å². The highest BCUT2D eigenvalue weighted by molar-refractivity contribution is 5.30. The van der Waals surface area contributed by atoms with E-state index in [2.05, 4.69) is 44.6 Å². The van der Waals surface area contributed by atoms with Crippen molar-refractivity contribution in [1.82, 2.24) is 9.97 Å². The highest BCUT2D eigenvalue weighted by Crippen LogP contribution is 2.36. The minimum Gasteiger partial charge on any atom is -0.367 e. The van der Waals surface area contributed by atoms with Crippen molar-refractivity contribution in [2.24, 2.45) is 5.92 Å². The smallest absolute Gasteiger partial charge is 0.131 e. The monoisotopic (exact) mass is 220 g/mol. The van der Waals surface area contributed by atoms with Crippen LogP contribution in [0.1, 0.15) is 62.5 Å². The van der Waals surface area contributed by atoms with Gasteiger partial charge in [-0.3, -0.25) is 0 Å². The van der Waals surface area contributed by atoms with Gasteiger partial charge in [-0.2, -0.15) is 0 Å². The molecule has 88 valence electrons. The van der Waals surface area contributed by atoms with Gasteiger partial charge in [0.25, 0.3) is 0 Å². The molecule has 0 amide bonds. The molecule has 3 heteroatoms. The van der Waals surface area contributed by atoms with Crippen LogP contribution >= 0.6 is 0 Å². The lowest BCUT2D eigenvalue weighted by Gasteiger charge is -2.15. The molecule has 2 rings (SSSR count). The molecule has 0 bridgehead atoms. The summed E-state index contributed by atoms with van der Waals surface area (Å²) in [5, 5.41) is 0. The number of hydrogen-bond acceptors (Lipinski definition) is 3. The zero-order valence-electron chi connectivity index (χ0n) is 10.7. The van der Waals surface area contributed by atoms with E-state index in [1.165, 1.54) is 5.56 Å². The fourth-order valence-corrected chi connectivity index (χ4v) is 2.07. The second kappa shape index (κ2) is 4.13. The van der Waals surface area contributed by atoms with Gasteiger partial charge in [-0.25, -0.2) is 9.97 Å². The van der Waals surface area contributed by atoms with Gasteiger partial charge in [0.1, 0.15) is 11.9 Å². The number of nitrogens with zero attached hydrogens (tertiary/aromatic N) is 2. The van der Waals surface area contributed by atoms with Crippen LogP contribution in [-0.2, 0) is 11.3 Å². The largest absolute Gasteiger partial charge is 0.367 e. The van der Waals surface area contributed by atoms with Crippen LogP contribution < -0.4 is 0 Å². The van der Waals surface area contributed by atoms with E-state index in [-0.39, 0.29) is 6.10 Å². The quantitative estimate of drug-likeness (QED) is 0.768. The second-order valence-corrected chi connectivity index (χ2v) is 5.16. The molecule has 3 nitrogen and oxygen atoms in total. The molecule has 0 saturated heterocycles. The summed E-state index contributed by atoms with van der Waals surface area (Å²) in [6.45, 7) is 11.3. The molecule has 0 N–H and O–H groups in total. The molecule has 0 saturated carbocycles. The van der Waals surface area contributed by atoms with Gasteiger partial charge in [0.15, 0.2) is 0 Å². The summed E-state index contributed by atoms with van der Waals surface area (Å²) >= 11 is 0. The predicted octanol–water partition coefficient (Wildman–Crippen LogP) is 3.14. The third-order valence-electron chi connectivity index (χ3n) is 3.06. The molecule has 1 atom stereocenters. The van der Waals surface area contributed by atoms with Crippen molar-refractivity contribution in [2.75, 3.05) is 0 Å². The number of aryl methyl sites for hydroxylation is 1. The van der Waals surface area contributed by atoms with E-state index >= 15 is 0 Å². The minimum atomic E-state index is 0.147. The molecular weight excluding hydrogens is 200 g/mol. The molecule has 1 unspecified atom stereocenters. The molecule has 1 aromatic heterocycles. The zero-order chi connectivity index (χ0) is 11.9. The summed E-state index contributed by atoms with van der Waals surface area (Å²) < 4.78 is 5.80. The highest BCUT2D eigenvalue weighted by Gasteiger charge is 2.30. The van der Waals surface area contributed by atoms with Crippen molar-refractivity contribution in [3.05, 3.63) is 22.8 Å². The molecule has 0 spiro atoms. The zero-order valence-corrected chi connectivity index (χ0v) is 10.7. The lowest BCUT2D eigenvalue weighted by molar-refractivity contribution is 0.0321. The first-order chi connectivity index (χ1) is 7.50. The van der Waals surface area contributed by atoms with Gasteiger partial charge < -0.3 is 4.74 Å².